The summed E-state index contributed by atoms with van der Waals surface area (Å²) in [5.74, 6) is -0.226. The van der Waals surface area contributed by atoms with Crippen molar-refractivity contribution in [2.24, 2.45) is 5.18 Å². The van der Waals surface area contributed by atoms with Crippen LogP contribution < -0.4 is 0 Å². The Morgan fingerprint density at radius 2 is 1.81 bits per heavy atom. The van der Waals surface area contributed by atoms with Crippen LogP contribution in [-0.4, -0.2) is 10.9 Å². The quantitative estimate of drug-likeness (QED) is 0.325. The monoisotopic (exact) mass is 225 g/mol. The van der Waals surface area contributed by atoms with E-state index in [9.17, 15) is 14.8 Å². The number of ketones is 1. The number of rotatable bonds is 6. The zero-order chi connectivity index (χ0) is 12.7. The second-order valence-electron chi connectivity index (χ2n) is 3.79. The average Bonchev–Trinajstić information content (AvgIpc) is 2.18. The van der Waals surface area contributed by atoms with Crippen molar-refractivity contribution in [2.45, 2.75) is 47.0 Å². The fourth-order valence-corrected chi connectivity index (χ4v) is 1.53. The number of aliphatic hydroxyl groups is 1. The number of allylic oxidation sites excluding steroid dienone is 4. The Kier molecular flexibility index (Phi) is 6.30. The standard InChI is InChI=1S/C12H19NO3/c1-5-6-7-11(9(3)14)8(2)12(13-16)10(4)15/h14H,5-7H2,1-4H3/b11-9+,12-8+. The average molecular weight is 225 g/mol. The van der Waals surface area contributed by atoms with E-state index < -0.39 is 0 Å². The Morgan fingerprint density at radius 3 is 2.12 bits per heavy atom. The van der Waals surface area contributed by atoms with Crippen LogP contribution in [-0.2, 0) is 4.79 Å². The molecule has 0 heterocycles. The first-order chi connectivity index (χ1) is 7.45. The van der Waals surface area contributed by atoms with Gasteiger partial charge in [-0.1, -0.05) is 13.3 Å². The van der Waals surface area contributed by atoms with E-state index in [0.29, 0.717) is 17.6 Å². The molecule has 4 nitrogen and oxygen atoms in total. The third-order valence-electron chi connectivity index (χ3n) is 2.45. The van der Waals surface area contributed by atoms with Crippen LogP contribution in [0.25, 0.3) is 0 Å². The molecule has 0 unspecified atom stereocenters. The van der Waals surface area contributed by atoms with E-state index in [4.69, 9.17) is 0 Å². The summed E-state index contributed by atoms with van der Waals surface area (Å²) in [7, 11) is 0. The fraction of sp³-hybridized carbons (Fsp3) is 0.583. The zero-order valence-corrected chi connectivity index (χ0v) is 10.3. The van der Waals surface area contributed by atoms with Crippen LogP contribution >= 0.6 is 0 Å². The molecule has 1 N–H and O–H groups in total. The van der Waals surface area contributed by atoms with Gasteiger partial charge in [0, 0.05) is 6.92 Å². The normalized spacial score (nSPS) is 14.0. The maximum Gasteiger partial charge on any atom is 0.181 e. The summed E-state index contributed by atoms with van der Waals surface area (Å²) in [6.07, 6.45) is 2.53. The van der Waals surface area contributed by atoms with Gasteiger partial charge in [0.05, 0.1) is 5.76 Å². The summed E-state index contributed by atoms with van der Waals surface area (Å²) in [5.41, 5.74) is 1.03. The van der Waals surface area contributed by atoms with Crippen molar-refractivity contribution >= 4 is 5.78 Å². The molecule has 0 bridgehead atoms. The molecular formula is C12H19NO3. The number of carbonyl (C=O) groups is 1. The van der Waals surface area contributed by atoms with Crippen molar-refractivity contribution in [1.29, 1.82) is 0 Å². The van der Waals surface area contributed by atoms with Gasteiger partial charge in [-0.05, 0) is 43.0 Å². The third-order valence-corrected chi connectivity index (χ3v) is 2.45. The maximum absolute atomic E-state index is 11.2. The van der Waals surface area contributed by atoms with E-state index in [2.05, 4.69) is 5.18 Å². The van der Waals surface area contributed by atoms with Gasteiger partial charge in [-0.15, -0.1) is 4.91 Å². The van der Waals surface area contributed by atoms with Crippen LogP contribution in [0.3, 0.4) is 0 Å². The van der Waals surface area contributed by atoms with Crippen molar-refractivity contribution in [1.82, 2.24) is 0 Å². The molecule has 0 atom stereocenters. The minimum atomic E-state index is -0.372. The van der Waals surface area contributed by atoms with Gasteiger partial charge in [-0.2, -0.15) is 0 Å². The summed E-state index contributed by atoms with van der Waals surface area (Å²) >= 11 is 0. The minimum Gasteiger partial charge on any atom is -0.512 e. The number of nitroso groups, excluding NO2 is 1. The van der Waals surface area contributed by atoms with Crippen molar-refractivity contribution in [3.63, 3.8) is 0 Å². The number of aliphatic hydroxyl groups excluding tert-OH is 1. The lowest BCUT2D eigenvalue weighted by molar-refractivity contribution is -0.113. The Balaban J connectivity index is 5.30. The molecular weight excluding hydrogens is 206 g/mol. The van der Waals surface area contributed by atoms with Crippen molar-refractivity contribution in [3.8, 4) is 0 Å². The lowest BCUT2D eigenvalue weighted by Gasteiger charge is -2.10. The molecule has 0 aromatic rings. The predicted molar refractivity (Wildman–Crippen MR) is 64.0 cm³/mol. The number of hydrogen-bond donors (Lipinski definition) is 1. The molecule has 0 aromatic carbocycles. The second kappa shape index (κ2) is 6.93. The first-order valence-corrected chi connectivity index (χ1v) is 5.39. The van der Waals surface area contributed by atoms with Crippen LogP contribution in [0.2, 0.25) is 0 Å². The number of Topliss-reactive ketones (excluding diaryl/α,β-unsaturated/α-hetero) is 1. The summed E-state index contributed by atoms with van der Waals surface area (Å²) in [4.78, 5) is 21.7. The number of carbonyl (C=O) groups excluding carboxylic acids is 1. The Hall–Kier alpha value is -1.45. The molecule has 0 radical (unpaired) electrons. The van der Waals surface area contributed by atoms with Gasteiger partial charge in [0.25, 0.3) is 0 Å². The maximum atomic E-state index is 11.2. The molecule has 0 aromatic heterocycles. The van der Waals surface area contributed by atoms with E-state index >= 15 is 0 Å². The lowest BCUT2D eigenvalue weighted by Crippen LogP contribution is -2.01. The summed E-state index contributed by atoms with van der Waals surface area (Å²) in [5, 5.41) is 12.3. The SMILES string of the molecule is CCCCC(=C(/C)O)/C(C)=C(/N=O)C(C)=O. The molecule has 0 amide bonds. The zero-order valence-electron chi connectivity index (χ0n) is 10.3. The van der Waals surface area contributed by atoms with Gasteiger partial charge in [0.1, 0.15) is 0 Å². The topological polar surface area (TPSA) is 66.7 Å². The molecule has 0 aliphatic heterocycles. The van der Waals surface area contributed by atoms with Crippen molar-refractivity contribution in [2.75, 3.05) is 0 Å². The van der Waals surface area contributed by atoms with Crippen LogP contribution in [0.1, 0.15) is 47.0 Å². The Morgan fingerprint density at radius 1 is 1.25 bits per heavy atom. The third kappa shape index (κ3) is 3.96. The molecule has 0 aliphatic carbocycles. The Labute approximate surface area is 96.0 Å². The molecule has 0 aliphatic rings. The number of hydrogen-bond acceptors (Lipinski definition) is 4. The summed E-state index contributed by atoms with van der Waals surface area (Å²) in [6.45, 7) is 6.53. The van der Waals surface area contributed by atoms with Crippen LogP contribution in [0.15, 0.2) is 27.8 Å². The van der Waals surface area contributed by atoms with E-state index in [1.54, 1.807) is 13.8 Å². The molecule has 4 heteroatoms. The Bertz CT molecular complexity index is 336. The van der Waals surface area contributed by atoms with Gasteiger partial charge in [0.2, 0.25) is 0 Å². The number of nitrogens with zero attached hydrogens (tertiary/aromatic N) is 1. The highest BCUT2D eigenvalue weighted by Gasteiger charge is 2.14. The molecule has 0 saturated carbocycles. The molecule has 0 fully saturated rings. The largest absolute Gasteiger partial charge is 0.512 e. The molecule has 0 rings (SSSR count). The lowest BCUT2D eigenvalue weighted by atomic mass is 9.98. The van der Waals surface area contributed by atoms with Gasteiger partial charge >= 0.3 is 0 Å². The minimum absolute atomic E-state index is 0.0977. The highest BCUT2D eigenvalue weighted by molar-refractivity contribution is 5.94. The van der Waals surface area contributed by atoms with E-state index in [-0.39, 0.29) is 17.2 Å². The van der Waals surface area contributed by atoms with Gasteiger partial charge < -0.3 is 5.11 Å². The van der Waals surface area contributed by atoms with Crippen LogP contribution in [0.5, 0.6) is 0 Å². The van der Waals surface area contributed by atoms with Crippen LogP contribution in [0, 0.1) is 4.91 Å². The second-order valence-corrected chi connectivity index (χ2v) is 3.79. The van der Waals surface area contributed by atoms with E-state index in [0.717, 1.165) is 12.8 Å². The predicted octanol–water partition coefficient (Wildman–Crippen LogP) is 3.64. The molecule has 90 valence electrons. The molecule has 16 heavy (non-hydrogen) atoms. The van der Waals surface area contributed by atoms with Gasteiger partial charge in [0.15, 0.2) is 11.5 Å². The van der Waals surface area contributed by atoms with Crippen molar-refractivity contribution < 1.29 is 9.90 Å². The number of unbranched alkanes of at least 4 members (excludes halogenated alkanes) is 1. The van der Waals surface area contributed by atoms with Crippen molar-refractivity contribution in [3.05, 3.63) is 27.5 Å². The van der Waals surface area contributed by atoms with Gasteiger partial charge in [-0.25, -0.2) is 0 Å². The highest BCUT2D eigenvalue weighted by atomic mass is 16.3. The first kappa shape index (κ1) is 14.6. The van der Waals surface area contributed by atoms with Crippen LogP contribution in [0.4, 0.5) is 0 Å². The fourth-order valence-electron chi connectivity index (χ4n) is 1.53. The summed E-state index contributed by atoms with van der Waals surface area (Å²) < 4.78 is 0. The van der Waals surface area contributed by atoms with E-state index in [1.807, 2.05) is 6.92 Å². The highest BCUT2D eigenvalue weighted by Crippen LogP contribution is 2.23. The van der Waals surface area contributed by atoms with Gasteiger partial charge in [-0.3, -0.25) is 4.79 Å². The van der Waals surface area contributed by atoms with E-state index in [1.165, 1.54) is 6.92 Å². The molecule has 0 saturated heterocycles. The molecule has 0 spiro atoms. The summed E-state index contributed by atoms with van der Waals surface area (Å²) in [6, 6.07) is 0. The first-order valence-electron chi connectivity index (χ1n) is 5.39. The smallest absolute Gasteiger partial charge is 0.181 e.